The van der Waals surface area contributed by atoms with E-state index >= 15 is 18.0 Å². The molecule has 1 spiro atoms. The van der Waals surface area contributed by atoms with Gasteiger partial charge in [0.2, 0.25) is 11.8 Å². The number of halogens is 3. The third-order valence-electron chi connectivity index (χ3n) is 19.8. The Bertz CT molecular complexity index is 3160. The maximum atomic E-state index is 15.2. The molecular weight excluding hydrogens is 1100 g/mol. The fourth-order valence-electron chi connectivity index (χ4n) is 15.1. The summed E-state index contributed by atoms with van der Waals surface area (Å²) in [5, 5.41) is 7.71. The number of esters is 1. The van der Waals surface area contributed by atoms with Gasteiger partial charge in [-0.3, -0.25) is 43.9 Å². The van der Waals surface area contributed by atoms with E-state index in [1.54, 1.807) is 25.4 Å². The van der Waals surface area contributed by atoms with Crippen molar-refractivity contribution in [3.8, 4) is 22.5 Å². The Morgan fingerprint density at radius 2 is 1.79 bits per heavy atom. The Labute approximate surface area is 494 Å². The SMILES string of the molecule is CO[C@@H](C)c1ncc(N2CCN3CCOC[C@@H]3C2)cc1-c1c2c3cc(ccc3n1CC(F)(F)F)-c1csc(n1)C[C@H](NC(=O)[C@H](C(C)C)N1CC[C@]3(CCN(C(=O)[C@H]4[C@@H](C5CC5)N4C4CC4)C3)C1)C(=O)N1CCC[C@H](N1)C(=O)OCC(C)(C)C2. The summed E-state index contributed by atoms with van der Waals surface area (Å²) in [4.78, 5) is 80.0. The number of carbonyl (C=O) groups is 4. The molecule has 1 aromatic carbocycles. The molecular formula is C62H82F3N11O7S. The highest BCUT2D eigenvalue weighted by atomic mass is 32.1. The lowest BCUT2D eigenvalue weighted by Crippen LogP contribution is -2.62. The number of carbonyl (C=O) groups excluding carboxylic acids is 4. The number of nitrogens with zero attached hydrogens (tertiary/aromatic N) is 9. The standard InChI is InChI=1S/C62H82F3N11O7S/c1-36(2)52(72-18-15-61(32-72)16-19-73(33-61)58(79)55-53(38-9-10-38)76(55)40-12-13-40)56(77)68-47-26-50-67-48(31-84-50)39-11-14-49-43(24-39)45(27-60(4,5)35-83-59(80)46-8-7-17-75(69-46)57(47)78)54(74(49)34-62(63,64)65)44-25-41(28-66-51(44)37(3)81-6)71-21-20-70-22-23-82-30-42(70)29-71/h11,14,24-25,28,31,36-38,40,42,46-47,52-53,55,69H,7-10,12-13,15-23,26-27,29-30,32-35H2,1-6H3,(H,68,77)/t37-,42-,46-,47-,52-,53+,55+,61-,76?/m0/s1. The number of likely N-dealkylation sites (tertiary alicyclic amines) is 2. The molecule has 6 saturated heterocycles. The summed E-state index contributed by atoms with van der Waals surface area (Å²) in [5.74, 6) is -0.379. The van der Waals surface area contributed by atoms with Gasteiger partial charge in [0.25, 0.3) is 5.91 Å². The number of piperazine rings is 1. The van der Waals surface area contributed by atoms with Crippen molar-refractivity contribution in [1.82, 2.24) is 49.9 Å². The van der Waals surface area contributed by atoms with Crippen LogP contribution >= 0.6 is 11.3 Å². The summed E-state index contributed by atoms with van der Waals surface area (Å²) in [7, 11) is 1.56. The highest BCUT2D eigenvalue weighted by Crippen LogP contribution is 2.54. The van der Waals surface area contributed by atoms with E-state index in [2.05, 4.69) is 35.2 Å². The average Bonchev–Trinajstić information content (AvgIpc) is 2.01. The van der Waals surface area contributed by atoms with Crippen LogP contribution in [0.25, 0.3) is 33.4 Å². The first kappa shape index (κ1) is 57.8. The van der Waals surface area contributed by atoms with Crippen LogP contribution < -0.4 is 15.6 Å². The van der Waals surface area contributed by atoms with E-state index in [0.29, 0.717) is 133 Å². The highest BCUT2D eigenvalue weighted by molar-refractivity contribution is 7.10. The first-order valence-corrected chi connectivity index (χ1v) is 31.7. The highest BCUT2D eigenvalue weighted by Gasteiger charge is 2.64. The zero-order valence-corrected chi connectivity index (χ0v) is 50.2. The molecule has 9 aliphatic rings. The number of ether oxygens (including phenoxy) is 3. The van der Waals surface area contributed by atoms with E-state index in [1.165, 1.54) is 46.6 Å². The Hall–Kier alpha value is -5.23. The fraction of sp³-hybridized carbons (Fsp3) is 0.677. The minimum Gasteiger partial charge on any atom is -0.464 e. The van der Waals surface area contributed by atoms with E-state index in [1.807, 2.05) is 52.1 Å². The van der Waals surface area contributed by atoms with Gasteiger partial charge in [-0.15, -0.1) is 11.3 Å². The second-order valence-corrected chi connectivity index (χ2v) is 27.9. The number of pyridine rings is 1. The number of anilines is 1. The summed E-state index contributed by atoms with van der Waals surface area (Å²) in [5.41, 5.74) is 6.66. The molecule has 2 aliphatic carbocycles. The molecule has 6 bridgehead atoms. The van der Waals surface area contributed by atoms with Crippen molar-refractivity contribution in [3.05, 3.63) is 52.1 Å². The molecule has 2 saturated carbocycles. The quantitative estimate of drug-likeness (QED) is 0.112. The van der Waals surface area contributed by atoms with Gasteiger partial charge in [-0.25, -0.2) is 10.4 Å². The van der Waals surface area contributed by atoms with Crippen LogP contribution in [-0.2, 0) is 52.8 Å². The van der Waals surface area contributed by atoms with Gasteiger partial charge in [-0.05, 0) is 107 Å². The van der Waals surface area contributed by atoms with Crippen LogP contribution in [0.2, 0.25) is 0 Å². The lowest BCUT2D eigenvalue weighted by molar-refractivity contribution is -0.155. The van der Waals surface area contributed by atoms with Crippen molar-refractivity contribution >= 4 is 51.6 Å². The molecule has 7 aliphatic heterocycles. The Kier molecular flexibility index (Phi) is 15.5. The molecule has 0 radical (unpaired) electrons. The minimum absolute atomic E-state index is 0.0313. The number of hydrazine groups is 1. The smallest absolute Gasteiger partial charge is 0.406 e. The summed E-state index contributed by atoms with van der Waals surface area (Å²) in [6, 6.07) is 6.09. The van der Waals surface area contributed by atoms with E-state index in [4.69, 9.17) is 24.2 Å². The second-order valence-electron chi connectivity index (χ2n) is 27.0. The number of aromatic nitrogens is 3. The number of nitrogens with one attached hydrogen (secondary N) is 2. The number of alkyl halides is 3. The van der Waals surface area contributed by atoms with Gasteiger partial charge in [0, 0.05) is 116 Å². The molecule has 10 heterocycles. The summed E-state index contributed by atoms with van der Waals surface area (Å²) >= 11 is 1.35. The van der Waals surface area contributed by atoms with Crippen molar-refractivity contribution < 1.29 is 46.6 Å². The van der Waals surface area contributed by atoms with Crippen molar-refractivity contribution in [2.75, 3.05) is 90.7 Å². The van der Waals surface area contributed by atoms with Crippen LogP contribution in [0.5, 0.6) is 0 Å². The number of methoxy groups -OCH3 is 1. The van der Waals surface area contributed by atoms with Crippen molar-refractivity contribution in [3.63, 3.8) is 0 Å². The Morgan fingerprint density at radius 1 is 0.976 bits per heavy atom. The fourth-order valence-corrected chi connectivity index (χ4v) is 15.9. The number of cyclic esters (lactones) is 1. The van der Waals surface area contributed by atoms with Crippen LogP contribution in [-0.4, -0.2) is 197 Å². The van der Waals surface area contributed by atoms with Crippen LogP contribution in [0.1, 0.15) is 108 Å². The van der Waals surface area contributed by atoms with E-state index < -0.39 is 54.2 Å². The number of thiazole rings is 1. The van der Waals surface area contributed by atoms with Crippen LogP contribution in [0.15, 0.2) is 35.8 Å². The molecule has 13 rings (SSSR count). The van der Waals surface area contributed by atoms with Crippen LogP contribution in [0.3, 0.4) is 0 Å². The zero-order valence-electron chi connectivity index (χ0n) is 49.4. The molecule has 4 aromatic rings. The van der Waals surface area contributed by atoms with Gasteiger partial charge in [-0.2, -0.15) is 13.2 Å². The first-order chi connectivity index (χ1) is 40.2. The average molecular weight is 1180 g/mol. The second kappa shape index (κ2) is 22.5. The zero-order chi connectivity index (χ0) is 58.6. The molecule has 9 atom stereocenters. The van der Waals surface area contributed by atoms with E-state index in [9.17, 15) is 14.4 Å². The molecule has 3 amide bonds. The Morgan fingerprint density at radius 3 is 2.55 bits per heavy atom. The predicted octanol–water partition coefficient (Wildman–Crippen LogP) is 6.84. The molecule has 3 aromatic heterocycles. The lowest BCUT2D eigenvalue weighted by Gasteiger charge is -2.44. The topological polar surface area (TPSA) is 170 Å². The number of hydrogen-bond acceptors (Lipinski definition) is 15. The third kappa shape index (κ3) is 11.5. The van der Waals surface area contributed by atoms with Gasteiger partial charge in [0.1, 0.15) is 24.7 Å². The first-order valence-electron chi connectivity index (χ1n) is 30.9. The number of hydrogen-bond donors (Lipinski definition) is 2. The molecule has 8 fully saturated rings. The number of amides is 3. The third-order valence-corrected chi connectivity index (χ3v) is 20.7. The van der Waals surface area contributed by atoms with Crippen molar-refractivity contribution in [2.45, 2.75) is 160 Å². The van der Waals surface area contributed by atoms with Gasteiger partial charge in [0.05, 0.1) is 72.0 Å². The molecule has 1 unspecified atom stereocenters. The predicted molar refractivity (Wildman–Crippen MR) is 312 cm³/mol. The summed E-state index contributed by atoms with van der Waals surface area (Å²) < 4.78 is 65.0. The normalized spacial score (nSPS) is 29.5. The van der Waals surface area contributed by atoms with E-state index in [-0.39, 0.29) is 54.7 Å². The summed E-state index contributed by atoms with van der Waals surface area (Å²) in [6.45, 7) is 15.9. The molecule has 454 valence electrons. The van der Waals surface area contributed by atoms with E-state index in [0.717, 1.165) is 38.2 Å². The lowest BCUT2D eigenvalue weighted by atomic mass is 9.84. The van der Waals surface area contributed by atoms with Crippen molar-refractivity contribution in [2.24, 2.45) is 22.7 Å². The number of morpholine rings is 1. The molecule has 22 heteroatoms. The molecule has 2 N–H and O–H groups in total. The number of benzene rings is 1. The van der Waals surface area contributed by atoms with Gasteiger partial charge in [-0.1, -0.05) is 33.8 Å². The van der Waals surface area contributed by atoms with Gasteiger partial charge >= 0.3 is 12.1 Å². The number of rotatable bonds is 12. The number of fused-ring (bicyclic) bond motifs is 7. The van der Waals surface area contributed by atoms with Gasteiger partial charge in [0.15, 0.2) is 0 Å². The largest absolute Gasteiger partial charge is 0.464 e. The summed E-state index contributed by atoms with van der Waals surface area (Å²) in [6.07, 6.45) is 4.36. The Balaban J connectivity index is 0.823. The minimum atomic E-state index is -4.62. The molecule has 18 nitrogen and oxygen atoms in total. The monoisotopic (exact) mass is 1180 g/mol. The van der Waals surface area contributed by atoms with Crippen molar-refractivity contribution in [1.29, 1.82) is 0 Å². The molecule has 84 heavy (non-hydrogen) atoms. The van der Waals surface area contributed by atoms with Crippen LogP contribution in [0.4, 0.5) is 18.9 Å². The maximum absolute atomic E-state index is 15.2. The van der Waals surface area contributed by atoms with Gasteiger partial charge < -0.3 is 33.9 Å². The van der Waals surface area contributed by atoms with Crippen LogP contribution in [0, 0.1) is 22.7 Å². The maximum Gasteiger partial charge on any atom is 0.406 e.